The zero-order chi connectivity index (χ0) is 14.2. The molecule has 2 aromatic rings. The standard InChI is InChI=1S/C16H23N3/c1-10-7-8-14(12(3)11(10)2)16-15(9-17-5)18-13(4)19(16)6/h7-8,17H,9H2,1-6H3. The van der Waals surface area contributed by atoms with E-state index in [0.717, 1.165) is 18.1 Å². The lowest BCUT2D eigenvalue weighted by molar-refractivity contribution is 0.796. The van der Waals surface area contributed by atoms with Gasteiger partial charge < -0.3 is 9.88 Å². The Morgan fingerprint density at radius 2 is 1.79 bits per heavy atom. The summed E-state index contributed by atoms with van der Waals surface area (Å²) in [5.74, 6) is 1.05. The summed E-state index contributed by atoms with van der Waals surface area (Å²) in [6.07, 6.45) is 0. The highest BCUT2D eigenvalue weighted by molar-refractivity contribution is 5.69. The molecule has 0 bridgehead atoms. The highest BCUT2D eigenvalue weighted by Crippen LogP contribution is 2.30. The van der Waals surface area contributed by atoms with Gasteiger partial charge in [0.25, 0.3) is 0 Å². The molecule has 0 atom stereocenters. The van der Waals surface area contributed by atoms with Crippen molar-refractivity contribution in [3.8, 4) is 11.3 Å². The monoisotopic (exact) mass is 257 g/mol. The van der Waals surface area contributed by atoms with E-state index in [1.165, 1.54) is 27.9 Å². The van der Waals surface area contributed by atoms with Crippen molar-refractivity contribution in [2.45, 2.75) is 34.2 Å². The van der Waals surface area contributed by atoms with E-state index in [0.29, 0.717) is 0 Å². The van der Waals surface area contributed by atoms with Crippen molar-refractivity contribution in [2.75, 3.05) is 7.05 Å². The minimum atomic E-state index is 0.795. The third-order valence-electron chi connectivity index (χ3n) is 4.05. The van der Waals surface area contributed by atoms with Crippen molar-refractivity contribution in [1.82, 2.24) is 14.9 Å². The molecule has 0 fully saturated rings. The molecule has 1 aromatic carbocycles. The van der Waals surface area contributed by atoms with Crippen LogP contribution >= 0.6 is 0 Å². The van der Waals surface area contributed by atoms with E-state index in [9.17, 15) is 0 Å². The molecule has 0 amide bonds. The Bertz CT molecular complexity index is 609. The molecule has 3 nitrogen and oxygen atoms in total. The fraction of sp³-hybridized carbons (Fsp3) is 0.438. The normalized spacial score (nSPS) is 11.1. The van der Waals surface area contributed by atoms with Gasteiger partial charge in [-0.15, -0.1) is 0 Å². The van der Waals surface area contributed by atoms with Gasteiger partial charge in [0.2, 0.25) is 0 Å². The van der Waals surface area contributed by atoms with Crippen molar-refractivity contribution in [3.63, 3.8) is 0 Å². The van der Waals surface area contributed by atoms with Crippen LogP contribution in [0.5, 0.6) is 0 Å². The quantitative estimate of drug-likeness (QED) is 0.916. The third kappa shape index (κ3) is 2.30. The molecular weight excluding hydrogens is 234 g/mol. The van der Waals surface area contributed by atoms with Crippen molar-refractivity contribution < 1.29 is 0 Å². The molecule has 0 aliphatic rings. The second kappa shape index (κ2) is 5.17. The van der Waals surface area contributed by atoms with Gasteiger partial charge in [0.05, 0.1) is 11.4 Å². The summed E-state index contributed by atoms with van der Waals surface area (Å²) < 4.78 is 2.18. The number of hydrogen-bond donors (Lipinski definition) is 1. The van der Waals surface area contributed by atoms with Crippen LogP contribution in [0.2, 0.25) is 0 Å². The Hall–Kier alpha value is -1.61. The van der Waals surface area contributed by atoms with Gasteiger partial charge in [-0.2, -0.15) is 0 Å². The zero-order valence-corrected chi connectivity index (χ0v) is 12.8. The van der Waals surface area contributed by atoms with Crippen LogP contribution in [0.1, 0.15) is 28.2 Å². The Kier molecular flexibility index (Phi) is 3.76. The van der Waals surface area contributed by atoms with Crippen molar-refractivity contribution in [2.24, 2.45) is 7.05 Å². The molecule has 0 saturated carbocycles. The minimum Gasteiger partial charge on any atom is -0.331 e. The number of aryl methyl sites for hydroxylation is 2. The first kappa shape index (κ1) is 13.8. The van der Waals surface area contributed by atoms with Gasteiger partial charge in [-0.3, -0.25) is 0 Å². The molecule has 0 radical (unpaired) electrons. The van der Waals surface area contributed by atoms with Gasteiger partial charge in [-0.05, 0) is 51.4 Å². The summed E-state index contributed by atoms with van der Waals surface area (Å²) in [6.45, 7) is 9.40. The van der Waals surface area contributed by atoms with Crippen LogP contribution in [0.15, 0.2) is 12.1 Å². The average molecular weight is 257 g/mol. The van der Waals surface area contributed by atoms with Crippen LogP contribution in [0.4, 0.5) is 0 Å². The first-order valence-electron chi connectivity index (χ1n) is 6.71. The molecule has 102 valence electrons. The second-order valence-electron chi connectivity index (χ2n) is 5.22. The third-order valence-corrected chi connectivity index (χ3v) is 4.05. The molecule has 0 spiro atoms. The van der Waals surface area contributed by atoms with Crippen LogP contribution in [0.3, 0.4) is 0 Å². The van der Waals surface area contributed by atoms with E-state index in [2.05, 4.69) is 61.7 Å². The van der Waals surface area contributed by atoms with E-state index >= 15 is 0 Å². The average Bonchev–Trinajstić information content (AvgIpc) is 2.64. The summed E-state index contributed by atoms with van der Waals surface area (Å²) in [6, 6.07) is 4.41. The van der Waals surface area contributed by atoms with Crippen LogP contribution in [0.25, 0.3) is 11.3 Å². The lowest BCUT2D eigenvalue weighted by Crippen LogP contribution is -2.08. The van der Waals surface area contributed by atoms with E-state index in [1.54, 1.807) is 0 Å². The summed E-state index contributed by atoms with van der Waals surface area (Å²) in [5.41, 5.74) is 7.69. The maximum atomic E-state index is 4.67. The van der Waals surface area contributed by atoms with Crippen LogP contribution in [-0.2, 0) is 13.6 Å². The highest BCUT2D eigenvalue weighted by atomic mass is 15.1. The zero-order valence-electron chi connectivity index (χ0n) is 12.8. The smallest absolute Gasteiger partial charge is 0.106 e. The number of rotatable bonds is 3. The molecule has 0 saturated heterocycles. The van der Waals surface area contributed by atoms with Gasteiger partial charge in [-0.1, -0.05) is 12.1 Å². The second-order valence-corrected chi connectivity index (χ2v) is 5.22. The number of hydrogen-bond acceptors (Lipinski definition) is 2. The Morgan fingerprint density at radius 1 is 1.11 bits per heavy atom. The number of benzene rings is 1. The first-order valence-corrected chi connectivity index (χ1v) is 6.71. The van der Waals surface area contributed by atoms with Gasteiger partial charge in [0.1, 0.15) is 5.82 Å². The largest absolute Gasteiger partial charge is 0.331 e. The SMILES string of the molecule is CNCc1nc(C)n(C)c1-c1ccc(C)c(C)c1C. The fourth-order valence-corrected chi connectivity index (χ4v) is 2.52. The van der Waals surface area contributed by atoms with Gasteiger partial charge >= 0.3 is 0 Å². The summed E-state index contributed by atoms with van der Waals surface area (Å²) >= 11 is 0. The summed E-state index contributed by atoms with van der Waals surface area (Å²) in [5, 5.41) is 3.20. The van der Waals surface area contributed by atoms with E-state index < -0.39 is 0 Å². The number of imidazole rings is 1. The minimum absolute atomic E-state index is 0.795. The first-order chi connectivity index (χ1) is 8.97. The van der Waals surface area contributed by atoms with Gasteiger partial charge in [-0.25, -0.2) is 4.98 Å². The lowest BCUT2D eigenvalue weighted by Gasteiger charge is -2.13. The highest BCUT2D eigenvalue weighted by Gasteiger charge is 2.16. The Labute approximate surface area is 115 Å². The predicted molar refractivity (Wildman–Crippen MR) is 80.4 cm³/mol. The molecule has 1 heterocycles. The van der Waals surface area contributed by atoms with Crippen LogP contribution in [0, 0.1) is 27.7 Å². The van der Waals surface area contributed by atoms with Gasteiger partial charge in [0, 0.05) is 19.2 Å². The molecule has 0 aliphatic heterocycles. The van der Waals surface area contributed by atoms with Gasteiger partial charge in [0.15, 0.2) is 0 Å². The van der Waals surface area contributed by atoms with E-state index in [4.69, 9.17) is 0 Å². The van der Waals surface area contributed by atoms with E-state index in [-0.39, 0.29) is 0 Å². The topological polar surface area (TPSA) is 29.9 Å². The number of aromatic nitrogens is 2. The lowest BCUT2D eigenvalue weighted by atomic mass is 9.96. The van der Waals surface area contributed by atoms with Crippen molar-refractivity contribution in [3.05, 3.63) is 40.3 Å². The molecule has 2 rings (SSSR count). The molecule has 1 N–H and O–H groups in total. The Balaban J connectivity index is 2.68. The summed E-state index contributed by atoms with van der Waals surface area (Å²) in [4.78, 5) is 4.67. The number of nitrogens with one attached hydrogen (secondary N) is 1. The predicted octanol–water partition coefficient (Wildman–Crippen LogP) is 3.04. The Morgan fingerprint density at radius 3 is 2.42 bits per heavy atom. The molecule has 1 aromatic heterocycles. The summed E-state index contributed by atoms with van der Waals surface area (Å²) in [7, 11) is 4.05. The van der Waals surface area contributed by atoms with E-state index in [1.807, 2.05) is 7.05 Å². The number of nitrogens with zero attached hydrogens (tertiary/aromatic N) is 2. The molecule has 0 aliphatic carbocycles. The van der Waals surface area contributed by atoms with Crippen molar-refractivity contribution in [1.29, 1.82) is 0 Å². The molecule has 3 heteroatoms. The maximum Gasteiger partial charge on any atom is 0.106 e. The molecule has 0 unspecified atom stereocenters. The van der Waals surface area contributed by atoms with Crippen LogP contribution in [-0.4, -0.2) is 16.6 Å². The van der Waals surface area contributed by atoms with Crippen LogP contribution < -0.4 is 5.32 Å². The molecular formula is C16H23N3. The molecule has 19 heavy (non-hydrogen) atoms. The maximum absolute atomic E-state index is 4.67. The van der Waals surface area contributed by atoms with Crippen molar-refractivity contribution >= 4 is 0 Å². The fourth-order valence-electron chi connectivity index (χ4n) is 2.52.